The van der Waals surface area contributed by atoms with E-state index < -0.39 is 5.97 Å². The molecule has 0 saturated heterocycles. The van der Waals surface area contributed by atoms with Crippen LogP contribution in [-0.2, 0) is 14.3 Å². The monoisotopic (exact) mass is 695 g/mol. The van der Waals surface area contributed by atoms with Gasteiger partial charge in [0.25, 0.3) is 0 Å². The molecule has 29 heavy (non-hydrogen) atoms. The topological polar surface area (TPSA) is 65.0 Å². The highest BCUT2D eigenvalue weighted by Gasteiger charge is 2.25. The normalized spacial score (nSPS) is 14.7. The van der Waals surface area contributed by atoms with Gasteiger partial charge in [0.1, 0.15) is 0 Å². The number of carbonyl (C=O) groups is 2. The molecule has 2 aromatic carbocycles. The zero-order valence-corrected chi connectivity index (χ0v) is 21.9. The van der Waals surface area contributed by atoms with E-state index >= 15 is 0 Å². The van der Waals surface area contributed by atoms with Crippen LogP contribution in [0.1, 0.15) is 30.9 Å². The first-order chi connectivity index (χ1) is 13.8. The van der Waals surface area contributed by atoms with E-state index in [9.17, 15) is 9.59 Å². The number of carbonyl (C=O) groups excluding carboxylic acids is 2. The molecule has 0 unspecified atom stereocenters. The second kappa shape index (κ2) is 9.84. The van der Waals surface area contributed by atoms with Crippen molar-refractivity contribution in [2.75, 3.05) is 0 Å². The Bertz CT molecular complexity index is 1040. The molecule has 0 amide bonds. The summed E-state index contributed by atoms with van der Waals surface area (Å²) in [4.78, 5) is 28.4. The molecule has 1 aliphatic heterocycles. The van der Waals surface area contributed by atoms with E-state index in [0.717, 1.165) is 8.04 Å². The van der Waals surface area contributed by atoms with E-state index in [4.69, 9.17) is 9.47 Å². The predicted molar refractivity (Wildman–Crippen MR) is 130 cm³/mol. The van der Waals surface area contributed by atoms with E-state index in [2.05, 4.69) is 75.4 Å². The molecule has 0 saturated carbocycles. The van der Waals surface area contributed by atoms with E-state index in [0.29, 0.717) is 38.7 Å². The van der Waals surface area contributed by atoms with Crippen LogP contribution in [0, 0.1) is 3.57 Å². The molecule has 0 fully saturated rings. The minimum Gasteiger partial charge on any atom is -0.424 e. The van der Waals surface area contributed by atoms with Crippen molar-refractivity contribution in [3.05, 3.63) is 64.1 Å². The number of hydrogen-bond acceptors (Lipinski definition) is 5. The minimum atomic E-state index is -0.527. The molecule has 0 bridgehead atoms. The Morgan fingerprint density at radius 3 is 2.48 bits per heavy atom. The molecule has 9 heteroatoms. The van der Waals surface area contributed by atoms with Gasteiger partial charge < -0.3 is 9.47 Å². The fraction of sp³-hybridized carbons (Fsp3) is 0.150. The maximum absolute atomic E-state index is 12.3. The Morgan fingerprint density at radius 2 is 1.86 bits per heavy atom. The lowest BCUT2D eigenvalue weighted by Gasteiger charge is -2.09. The standard InChI is InChI=1S/C20H13Br3INO4/c1-2-3-17(26)28-18-13(22)6-10(7-14(18)23)8-16-20(27)29-19(25-16)11-4-5-15(24)12(21)9-11/h4-9H,2-3H2,1H3/b16-8-. The highest BCUT2D eigenvalue weighted by molar-refractivity contribution is 14.1. The molecule has 150 valence electrons. The summed E-state index contributed by atoms with van der Waals surface area (Å²) in [6.07, 6.45) is 2.66. The van der Waals surface area contributed by atoms with Crippen LogP contribution in [0.5, 0.6) is 5.75 Å². The number of aliphatic imine (C=N–C) groups is 1. The van der Waals surface area contributed by atoms with E-state index in [-0.39, 0.29) is 17.6 Å². The largest absolute Gasteiger partial charge is 0.424 e. The number of cyclic esters (lactones) is 1. The quantitative estimate of drug-likeness (QED) is 0.152. The number of esters is 2. The number of halogens is 4. The van der Waals surface area contributed by atoms with Gasteiger partial charge in [-0.3, -0.25) is 4.79 Å². The average Bonchev–Trinajstić information content (AvgIpc) is 3.01. The SMILES string of the molecule is CCCC(=O)Oc1c(Br)cc(/C=C2\N=C(c3ccc(I)c(Br)c3)OC2=O)cc1Br. The zero-order valence-electron chi connectivity index (χ0n) is 15.0. The van der Waals surface area contributed by atoms with E-state index in [1.165, 1.54) is 0 Å². The minimum absolute atomic E-state index is 0.184. The van der Waals surface area contributed by atoms with Gasteiger partial charge in [0.2, 0.25) is 5.90 Å². The van der Waals surface area contributed by atoms with Gasteiger partial charge in [-0.1, -0.05) is 6.92 Å². The molecular weight excluding hydrogens is 685 g/mol. The molecule has 5 nitrogen and oxygen atoms in total. The highest BCUT2D eigenvalue weighted by Crippen LogP contribution is 2.36. The van der Waals surface area contributed by atoms with E-state index in [1.54, 1.807) is 18.2 Å². The summed E-state index contributed by atoms with van der Waals surface area (Å²) >= 11 is 12.5. The van der Waals surface area contributed by atoms with Crippen molar-refractivity contribution < 1.29 is 19.1 Å². The first kappa shape index (κ1) is 22.6. The van der Waals surface area contributed by atoms with Gasteiger partial charge in [-0.05, 0) is 119 Å². The summed E-state index contributed by atoms with van der Waals surface area (Å²) in [5, 5.41) is 0. The van der Waals surface area contributed by atoms with Crippen molar-refractivity contribution in [1.29, 1.82) is 0 Å². The van der Waals surface area contributed by atoms with Crippen LogP contribution in [0.2, 0.25) is 0 Å². The highest BCUT2D eigenvalue weighted by atomic mass is 127. The van der Waals surface area contributed by atoms with Crippen LogP contribution >= 0.6 is 70.4 Å². The Kier molecular flexibility index (Phi) is 7.69. The number of hydrogen-bond donors (Lipinski definition) is 0. The molecular formula is C20H13Br3INO4. The zero-order chi connectivity index (χ0) is 21.1. The molecule has 3 rings (SSSR count). The third-order valence-corrected chi connectivity index (χ3v) is 7.30. The van der Waals surface area contributed by atoms with Gasteiger partial charge in [0.15, 0.2) is 11.4 Å². The van der Waals surface area contributed by atoms with Crippen LogP contribution < -0.4 is 4.74 Å². The third-order valence-electron chi connectivity index (χ3n) is 3.78. The molecule has 0 aromatic heterocycles. The summed E-state index contributed by atoms with van der Waals surface area (Å²) in [6.45, 7) is 1.91. The van der Waals surface area contributed by atoms with Gasteiger partial charge in [-0.25, -0.2) is 9.79 Å². The molecule has 0 N–H and O–H groups in total. The second-order valence-electron chi connectivity index (χ2n) is 6.00. The first-order valence-corrected chi connectivity index (χ1v) is 11.9. The second-order valence-corrected chi connectivity index (χ2v) is 9.73. The molecule has 0 radical (unpaired) electrons. The maximum atomic E-state index is 12.3. The lowest BCUT2D eigenvalue weighted by Crippen LogP contribution is -2.08. The molecule has 1 aliphatic rings. The Hall–Kier alpha value is -1.04. The maximum Gasteiger partial charge on any atom is 0.363 e. The van der Waals surface area contributed by atoms with Gasteiger partial charge >= 0.3 is 11.9 Å². The van der Waals surface area contributed by atoms with Crippen LogP contribution in [0.15, 0.2) is 54.4 Å². The average molecular weight is 698 g/mol. The number of benzene rings is 2. The van der Waals surface area contributed by atoms with Gasteiger partial charge in [-0.15, -0.1) is 0 Å². The summed E-state index contributed by atoms with van der Waals surface area (Å²) in [7, 11) is 0. The van der Waals surface area contributed by atoms with Crippen LogP contribution in [0.4, 0.5) is 0 Å². The number of nitrogens with zero attached hydrogens (tertiary/aromatic N) is 1. The lowest BCUT2D eigenvalue weighted by molar-refractivity contribution is -0.134. The fourth-order valence-corrected chi connectivity index (χ4v) is 4.55. The summed E-state index contributed by atoms with van der Waals surface area (Å²) in [6, 6.07) is 9.09. The summed E-state index contributed by atoms with van der Waals surface area (Å²) in [5.74, 6) is -0.188. The van der Waals surface area contributed by atoms with Gasteiger partial charge in [0, 0.05) is 20.0 Å². The van der Waals surface area contributed by atoms with Crippen LogP contribution in [0.25, 0.3) is 6.08 Å². The van der Waals surface area contributed by atoms with Crippen molar-refractivity contribution in [3.63, 3.8) is 0 Å². The Morgan fingerprint density at radius 1 is 1.17 bits per heavy atom. The number of ether oxygens (including phenoxy) is 2. The molecule has 2 aromatic rings. The Labute approximate surface area is 206 Å². The smallest absolute Gasteiger partial charge is 0.363 e. The van der Waals surface area contributed by atoms with E-state index in [1.807, 2.05) is 25.1 Å². The van der Waals surface area contributed by atoms with Gasteiger partial charge in [0.05, 0.1) is 8.95 Å². The predicted octanol–water partition coefficient (Wildman–Crippen LogP) is 6.63. The van der Waals surface area contributed by atoms with Crippen molar-refractivity contribution in [1.82, 2.24) is 0 Å². The summed E-state index contributed by atoms with van der Waals surface area (Å²) in [5.41, 5.74) is 1.58. The van der Waals surface area contributed by atoms with Crippen LogP contribution in [-0.4, -0.2) is 17.8 Å². The van der Waals surface area contributed by atoms with Gasteiger partial charge in [-0.2, -0.15) is 0 Å². The van der Waals surface area contributed by atoms with Crippen molar-refractivity contribution in [2.24, 2.45) is 4.99 Å². The molecule has 0 atom stereocenters. The molecule has 1 heterocycles. The number of rotatable bonds is 5. The Balaban J connectivity index is 1.89. The van der Waals surface area contributed by atoms with Crippen molar-refractivity contribution in [3.8, 4) is 5.75 Å². The fourth-order valence-electron chi connectivity index (χ4n) is 2.45. The van der Waals surface area contributed by atoms with Crippen molar-refractivity contribution >= 4 is 94.3 Å². The first-order valence-electron chi connectivity index (χ1n) is 8.46. The molecule has 0 spiro atoms. The molecule has 0 aliphatic carbocycles. The van der Waals surface area contributed by atoms with Crippen molar-refractivity contribution in [2.45, 2.75) is 19.8 Å². The van der Waals surface area contributed by atoms with Crippen LogP contribution in [0.3, 0.4) is 0 Å². The third kappa shape index (κ3) is 5.56. The summed E-state index contributed by atoms with van der Waals surface area (Å²) < 4.78 is 13.8. The lowest BCUT2D eigenvalue weighted by atomic mass is 10.2.